The van der Waals surface area contributed by atoms with Crippen LogP contribution in [0.1, 0.15) is 17.7 Å². The van der Waals surface area contributed by atoms with Crippen LogP contribution < -0.4 is 5.43 Å². The fraction of sp³-hybridized carbons (Fsp3) is 0.0909. The molecule has 0 saturated carbocycles. The summed E-state index contributed by atoms with van der Waals surface area (Å²) in [6, 6.07) is 30.7. The topological polar surface area (TPSA) is 75.7 Å². The molecule has 6 aromatic rings. The largest absolute Gasteiger partial charge is 0.343 e. The molecule has 0 aliphatic rings. The van der Waals surface area contributed by atoms with Crippen molar-refractivity contribution in [2.45, 2.75) is 19.3 Å². The minimum absolute atomic E-state index is 0.123. The van der Waals surface area contributed by atoms with Gasteiger partial charge in [-0.05, 0) is 41.8 Å². The first-order chi connectivity index (χ1) is 19.0. The van der Waals surface area contributed by atoms with Gasteiger partial charge in [0.1, 0.15) is 11.4 Å². The first-order valence-electron chi connectivity index (χ1n) is 12.8. The molecule has 0 radical (unpaired) electrons. The van der Waals surface area contributed by atoms with Gasteiger partial charge in [-0.2, -0.15) is 0 Å². The second-order valence-electron chi connectivity index (χ2n) is 9.54. The third kappa shape index (κ3) is 5.22. The van der Waals surface area contributed by atoms with E-state index in [0.29, 0.717) is 41.0 Å². The van der Waals surface area contributed by atoms with Gasteiger partial charge in [-0.3, -0.25) is 14.6 Å². The van der Waals surface area contributed by atoms with E-state index in [1.807, 2.05) is 91.0 Å². The van der Waals surface area contributed by atoms with Crippen LogP contribution in [0.4, 0.5) is 0 Å². The summed E-state index contributed by atoms with van der Waals surface area (Å²) in [7, 11) is 0. The maximum Gasteiger partial charge on any atom is 0.191 e. The Balaban J connectivity index is 1.41. The molecule has 5 nitrogen and oxygen atoms in total. The molecule has 0 saturated heterocycles. The lowest BCUT2D eigenvalue weighted by molar-refractivity contribution is -0.118. The molecule has 0 spiro atoms. The van der Waals surface area contributed by atoms with Gasteiger partial charge in [0.05, 0.1) is 21.6 Å². The Morgan fingerprint density at radius 1 is 0.846 bits per heavy atom. The highest BCUT2D eigenvalue weighted by atomic mass is 35.5. The maximum atomic E-state index is 13.3. The summed E-state index contributed by atoms with van der Waals surface area (Å²) in [4.78, 5) is 38.5. The highest BCUT2D eigenvalue weighted by molar-refractivity contribution is 6.35. The third-order valence-electron chi connectivity index (χ3n) is 6.81. The molecule has 6 rings (SSSR count). The van der Waals surface area contributed by atoms with Crippen LogP contribution in [0.25, 0.3) is 44.3 Å². The average Bonchev–Trinajstić information content (AvgIpc) is 2.96. The van der Waals surface area contributed by atoms with Crippen molar-refractivity contribution in [3.63, 3.8) is 0 Å². The number of carbonyl (C=O) groups excluding carboxylic acids is 1. The number of benzene rings is 3. The van der Waals surface area contributed by atoms with Crippen LogP contribution >= 0.6 is 11.6 Å². The molecule has 3 heterocycles. The quantitative estimate of drug-likeness (QED) is 0.237. The summed E-state index contributed by atoms with van der Waals surface area (Å²) < 4.78 is 0. The maximum absolute atomic E-state index is 13.3. The molecule has 3 aromatic heterocycles. The van der Waals surface area contributed by atoms with Gasteiger partial charge in [-0.25, -0.2) is 4.98 Å². The zero-order valence-corrected chi connectivity index (χ0v) is 21.8. The standard InChI is InChI=1S/C33H24ClN3O2/c34-29-18-24(17-23-12-7-15-35-32(23)29)27-20-28-30(39)19-25(13-14-26(38)16-21-8-3-1-4-9-21)36-33(28)37-31(27)22-10-5-2-6-11-22/h1-12,15,17-20H,13-14,16H2,(H,36,37,39). The number of aromatic amines is 1. The van der Waals surface area contributed by atoms with Gasteiger partial charge in [0, 0.05) is 47.3 Å². The molecule has 6 heteroatoms. The van der Waals surface area contributed by atoms with E-state index >= 15 is 0 Å². The number of H-pyrrole nitrogens is 1. The lowest BCUT2D eigenvalue weighted by Gasteiger charge is -2.13. The summed E-state index contributed by atoms with van der Waals surface area (Å²) in [5, 5.41) is 1.92. The summed E-state index contributed by atoms with van der Waals surface area (Å²) in [6.45, 7) is 0. The van der Waals surface area contributed by atoms with E-state index in [-0.39, 0.29) is 11.2 Å². The molecule has 190 valence electrons. The number of rotatable bonds is 7. The number of hydrogen-bond acceptors (Lipinski definition) is 4. The van der Waals surface area contributed by atoms with Gasteiger partial charge in [-0.1, -0.05) is 78.3 Å². The van der Waals surface area contributed by atoms with Gasteiger partial charge >= 0.3 is 0 Å². The van der Waals surface area contributed by atoms with Crippen LogP contribution in [0.2, 0.25) is 5.02 Å². The molecule has 1 N–H and O–H groups in total. The van der Waals surface area contributed by atoms with Crippen molar-refractivity contribution in [3.8, 4) is 22.4 Å². The number of carbonyl (C=O) groups is 1. The number of halogens is 1. The number of nitrogens with zero attached hydrogens (tertiary/aromatic N) is 2. The predicted octanol–water partition coefficient (Wildman–Crippen LogP) is 7.20. The van der Waals surface area contributed by atoms with Crippen LogP contribution in [0.5, 0.6) is 0 Å². The fourth-order valence-electron chi connectivity index (χ4n) is 4.88. The number of hydrogen-bond donors (Lipinski definition) is 1. The molecular weight excluding hydrogens is 506 g/mol. The number of pyridine rings is 3. The smallest absolute Gasteiger partial charge is 0.191 e. The number of aryl methyl sites for hydroxylation is 1. The number of Topliss-reactive ketones (excluding diaryl/α,β-unsaturated/α-hetero) is 1. The van der Waals surface area contributed by atoms with E-state index in [0.717, 1.165) is 38.9 Å². The normalized spacial score (nSPS) is 11.2. The van der Waals surface area contributed by atoms with Crippen molar-refractivity contribution >= 4 is 39.3 Å². The average molecular weight is 530 g/mol. The molecule has 0 atom stereocenters. The van der Waals surface area contributed by atoms with Crippen LogP contribution in [0, 0.1) is 0 Å². The Bertz CT molecular complexity index is 1880. The molecule has 0 unspecified atom stereocenters. The van der Waals surface area contributed by atoms with E-state index in [1.165, 1.54) is 0 Å². The molecule has 0 aliphatic heterocycles. The Morgan fingerprint density at radius 3 is 2.41 bits per heavy atom. The van der Waals surface area contributed by atoms with Crippen LogP contribution in [0.15, 0.2) is 108 Å². The summed E-state index contributed by atoms with van der Waals surface area (Å²) in [5.41, 5.74) is 6.05. The second kappa shape index (κ2) is 10.6. The highest BCUT2D eigenvalue weighted by Crippen LogP contribution is 2.36. The second-order valence-corrected chi connectivity index (χ2v) is 9.95. The van der Waals surface area contributed by atoms with Crippen molar-refractivity contribution in [2.75, 3.05) is 0 Å². The van der Waals surface area contributed by atoms with Crippen molar-refractivity contribution in [1.29, 1.82) is 0 Å². The first kappa shape index (κ1) is 24.7. The van der Waals surface area contributed by atoms with Gasteiger partial charge in [0.25, 0.3) is 0 Å². The van der Waals surface area contributed by atoms with Crippen molar-refractivity contribution in [3.05, 3.63) is 130 Å². The minimum atomic E-state index is -0.142. The van der Waals surface area contributed by atoms with Gasteiger partial charge in [0.2, 0.25) is 0 Å². The third-order valence-corrected chi connectivity index (χ3v) is 7.09. The molecular formula is C33H24ClN3O2. The van der Waals surface area contributed by atoms with Crippen molar-refractivity contribution in [1.82, 2.24) is 15.0 Å². The van der Waals surface area contributed by atoms with Crippen LogP contribution in [-0.2, 0) is 17.6 Å². The van der Waals surface area contributed by atoms with Crippen LogP contribution in [-0.4, -0.2) is 20.7 Å². The molecule has 39 heavy (non-hydrogen) atoms. The van der Waals surface area contributed by atoms with Gasteiger partial charge < -0.3 is 4.98 Å². The fourth-order valence-corrected chi connectivity index (χ4v) is 5.16. The summed E-state index contributed by atoms with van der Waals surface area (Å²) in [5.74, 6) is 0.123. The minimum Gasteiger partial charge on any atom is -0.343 e. The SMILES string of the molecule is O=C(CCc1cc(=O)c2cc(-c3cc(Cl)c4ncccc4c3)c(-c3ccccc3)nc2[nH]1)Cc1ccccc1. The Hall–Kier alpha value is -4.61. The van der Waals surface area contributed by atoms with Gasteiger partial charge in [-0.15, -0.1) is 0 Å². The van der Waals surface area contributed by atoms with E-state index in [2.05, 4.69) is 9.97 Å². The number of nitrogens with one attached hydrogen (secondary N) is 1. The number of fused-ring (bicyclic) bond motifs is 2. The van der Waals surface area contributed by atoms with Gasteiger partial charge in [0.15, 0.2) is 5.43 Å². The molecule has 0 fully saturated rings. The zero-order chi connectivity index (χ0) is 26.8. The lowest BCUT2D eigenvalue weighted by Crippen LogP contribution is -2.10. The van der Waals surface area contributed by atoms with E-state index < -0.39 is 0 Å². The lowest BCUT2D eigenvalue weighted by atomic mass is 9.96. The van der Waals surface area contributed by atoms with E-state index in [9.17, 15) is 9.59 Å². The summed E-state index contributed by atoms with van der Waals surface area (Å²) >= 11 is 6.61. The van der Waals surface area contributed by atoms with E-state index in [4.69, 9.17) is 16.6 Å². The number of aromatic nitrogens is 3. The Labute approximate surface area is 230 Å². The monoisotopic (exact) mass is 529 g/mol. The van der Waals surface area contributed by atoms with E-state index in [1.54, 1.807) is 12.3 Å². The molecule has 0 aliphatic carbocycles. The Morgan fingerprint density at radius 2 is 1.62 bits per heavy atom. The first-order valence-corrected chi connectivity index (χ1v) is 13.2. The molecule has 3 aromatic carbocycles. The molecule has 0 bridgehead atoms. The highest BCUT2D eigenvalue weighted by Gasteiger charge is 2.16. The van der Waals surface area contributed by atoms with Crippen LogP contribution in [0.3, 0.4) is 0 Å². The van der Waals surface area contributed by atoms with Crippen molar-refractivity contribution in [2.24, 2.45) is 0 Å². The molecule has 0 amide bonds. The summed E-state index contributed by atoms with van der Waals surface area (Å²) in [6.07, 6.45) is 2.87. The predicted molar refractivity (Wildman–Crippen MR) is 157 cm³/mol. The zero-order valence-electron chi connectivity index (χ0n) is 21.0. The Kier molecular flexibility index (Phi) is 6.74. The van der Waals surface area contributed by atoms with Crippen molar-refractivity contribution < 1.29 is 4.79 Å². The number of ketones is 1.